The van der Waals surface area contributed by atoms with Crippen molar-refractivity contribution in [1.29, 1.82) is 0 Å². The van der Waals surface area contributed by atoms with E-state index in [-0.39, 0.29) is 33.8 Å². The number of fused-ring (bicyclic) bond motifs is 1. The first-order chi connectivity index (χ1) is 17.2. The number of ether oxygens (including phenoxy) is 1. The van der Waals surface area contributed by atoms with Crippen molar-refractivity contribution in [2.24, 2.45) is 5.10 Å². The molecule has 0 spiro atoms. The molecule has 4 rings (SSSR count). The second-order valence-electron chi connectivity index (χ2n) is 7.83. The zero-order valence-corrected chi connectivity index (χ0v) is 22.9. The van der Waals surface area contributed by atoms with Gasteiger partial charge in [0.05, 0.1) is 31.5 Å². The van der Waals surface area contributed by atoms with Crippen LogP contribution in [-0.2, 0) is 0 Å². The molecule has 0 saturated heterocycles. The van der Waals surface area contributed by atoms with Gasteiger partial charge in [-0.1, -0.05) is 41.4 Å². The minimum Gasteiger partial charge on any atom is -0.436 e. The fourth-order valence-corrected chi connectivity index (χ4v) is 4.60. The summed E-state index contributed by atoms with van der Waals surface area (Å²) in [4.78, 5) is 32.2. The summed E-state index contributed by atoms with van der Waals surface area (Å²) in [5.41, 5.74) is 0.785. The third-order valence-electron chi connectivity index (χ3n) is 5.37. The summed E-state index contributed by atoms with van der Waals surface area (Å²) in [6, 6.07) is 11.4. The fraction of sp³-hybridized carbons (Fsp3) is 0.167. The summed E-state index contributed by atoms with van der Waals surface area (Å²) in [6.07, 6.45) is 3.40. The van der Waals surface area contributed by atoms with Crippen molar-refractivity contribution in [2.45, 2.75) is 26.2 Å². The van der Waals surface area contributed by atoms with E-state index in [9.17, 15) is 14.9 Å². The van der Waals surface area contributed by atoms with Crippen LogP contribution in [0.25, 0.3) is 10.9 Å². The van der Waals surface area contributed by atoms with Crippen LogP contribution < -0.4 is 10.3 Å². The van der Waals surface area contributed by atoms with Gasteiger partial charge in [-0.2, -0.15) is 9.78 Å². The number of nitrogens with zero attached hydrogens (tertiary/aromatic N) is 5. The van der Waals surface area contributed by atoms with Crippen LogP contribution in [0, 0.1) is 10.1 Å². The number of hydrogen-bond acceptors (Lipinski definition) is 7. The molecular weight excluding hydrogens is 618 g/mol. The Labute approximate surface area is 227 Å². The molecule has 9 nitrogen and oxygen atoms in total. The number of nitro groups is 1. The van der Waals surface area contributed by atoms with Crippen LogP contribution in [0.2, 0.25) is 5.02 Å². The number of rotatable bonds is 7. The average molecular weight is 636 g/mol. The zero-order chi connectivity index (χ0) is 26.0. The van der Waals surface area contributed by atoms with E-state index in [1.165, 1.54) is 23.0 Å². The van der Waals surface area contributed by atoms with Crippen molar-refractivity contribution in [3.63, 3.8) is 0 Å². The fourth-order valence-electron chi connectivity index (χ4n) is 3.30. The van der Waals surface area contributed by atoms with Gasteiger partial charge in [0.25, 0.3) is 11.2 Å². The SMILES string of the molecule is CC[C@@H](C)c1nc2ccc(Br)cc2c(=O)n1N=Cc1cc(Cl)c(Oc2ccc([N+](=O)[O-])cn2)c(Br)c1. The van der Waals surface area contributed by atoms with Gasteiger partial charge < -0.3 is 4.74 Å². The molecule has 2 aromatic heterocycles. The van der Waals surface area contributed by atoms with E-state index in [0.717, 1.165) is 17.1 Å². The average Bonchev–Trinajstić information content (AvgIpc) is 2.85. The highest BCUT2D eigenvalue weighted by molar-refractivity contribution is 9.10. The summed E-state index contributed by atoms with van der Waals surface area (Å²) >= 11 is 13.3. The Bertz CT molecular complexity index is 1530. The molecule has 184 valence electrons. The van der Waals surface area contributed by atoms with Crippen molar-refractivity contribution >= 4 is 66.3 Å². The predicted molar refractivity (Wildman–Crippen MR) is 146 cm³/mol. The Morgan fingerprint density at radius 1 is 1.25 bits per heavy atom. The second kappa shape index (κ2) is 10.9. The van der Waals surface area contributed by atoms with E-state index in [1.54, 1.807) is 24.3 Å². The van der Waals surface area contributed by atoms with Crippen LogP contribution in [-0.4, -0.2) is 25.8 Å². The van der Waals surface area contributed by atoms with Crippen molar-refractivity contribution in [2.75, 3.05) is 0 Å². The number of hydrogen-bond donors (Lipinski definition) is 0. The predicted octanol–water partition coefficient (Wildman–Crippen LogP) is 7.07. The topological polar surface area (TPSA) is 113 Å². The first-order valence-electron chi connectivity index (χ1n) is 10.7. The van der Waals surface area contributed by atoms with E-state index < -0.39 is 4.92 Å². The molecule has 2 aromatic carbocycles. The van der Waals surface area contributed by atoms with Crippen LogP contribution in [0.4, 0.5) is 5.69 Å². The third-order valence-corrected chi connectivity index (χ3v) is 6.73. The van der Waals surface area contributed by atoms with E-state index in [2.05, 4.69) is 41.9 Å². The Morgan fingerprint density at radius 2 is 2.03 bits per heavy atom. The number of benzene rings is 2. The van der Waals surface area contributed by atoms with Gasteiger partial charge >= 0.3 is 0 Å². The molecule has 0 bridgehead atoms. The molecule has 2 heterocycles. The highest BCUT2D eigenvalue weighted by Crippen LogP contribution is 2.37. The van der Waals surface area contributed by atoms with Gasteiger partial charge in [0.2, 0.25) is 5.88 Å². The maximum Gasteiger partial charge on any atom is 0.287 e. The minimum atomic E-state index is -0.546. The summed E-state index contributed by atoms with van der Waals surface area (Å²) in [7, 11) is 0. The van der Waals surface area contributed by atoms with E-state index in [0.29, 0.717) is 26.8 Å². The summed E-state index contributed by atoms with van der Waals surface area (Å²) in [6.45, 7) is 4.01. The molecule has 36 heavy (non-hydrogen) atoms. The first-order valence-corrected chi connectivity index (χ1v) is 12.7. The number of aromatic nitrogens is 3. The van der Waals surface area contributed by atoms with Crippen molar-refractivity contribution in [1.82, 2.24) is 14.6 Å². The molecule has 0 amide bonds. The Hall–Kier alpha value is -3.15. The molecule has 0 saturated carbocycles. The standard InChI is InChI=1S/C24H18Br2ClN5O4/c1-3-13(2)23-30-20-6-4-15(25)10-17(20)24(33)31(23)29-11-14-8-18(26)22(19(27)9-14)36-21-7-5-16(12-28-21)32(34)35/h4-13H,3H2,1-2H3/t13-/m1/s1. The van der Waals surface area contributed by atoms with Crippen LogP contribution >= 0.6 is 43.5 Å². The Kier molecular flexibility index (Phi) is 7.82. The molecule has 0 aliphatic rings. The van der Waals surface area contributed by atoms with E-state index >= 15 is 0 Å². The van der Waals surface area contributed by atoms with Crippen LogP contribution in [0.5, 0.6) is 11.6 Å². The summed E-state index contributed by atoms with van der Waals surface area (Å²) in [5.74, 6) is 0.985. The Balaban J connectivity index is 1.69. The second-order valence-corrected chi connectivity index (χ2v) is 10.0. The van der Waals surface area contributed by atoms with Crippen LogP contribution in [0.1, 0.15) is 37.6 Å². The third kappa shape index (κ3) is 5.48. The maximum absolute atomic E-state index is 13.3. The smallest absolute Gasteiger partial charge is 0.287 e. The van der Waals surface area contributed by atoms with Crippen molar-refractivity contribution < 1.29 is 9.66 Å². The maximum atomic E-state index is 13.3. The summed E-state index contributed by atoms with van der Waals surface area (Å²) in [5, 5.41) is 16.0. The normalized spacial score (nSPS) is 12.2. The molecule has 0 unspecified atom stereocenters. The minimum absolute atomic E-state index is 0.00296. The first kappa shape index (κ1) is 25.9. The molecule has 12 heteroatoms. The van der Waals surface area contributed by atoms with Gasteiger partial charge in [0.15, 0.2) is 5.75 Å². The number of halogens is 3. The quantitative estimate of drug-likeness (QED) is 0.122. The van der Waals surface area contributed by atoms with Crippen molar-refractivity contribution in [3.05, 3.63) is 94.5 Å². The van der Waals surface area contributed by atoms with Crippen LogP contribution in [0.3, 0.4) is 0 Å². The molecule has 0 aliphatic carbocycles. The molecule has 0 radical (unpaired) electrons. The highest BCUT2D eigenvalue weighted by Gasteiger charge is 2.16. The molecule has 4 aromatic rings. The highest BCUT2D eigenvalue weighted by atomic mass is 79.9. The lowest BCUT2D eigenvalue weighted by Crippen LogP contribution is -2.23. The van der Waals surface area contributed by atoms with Crippen molar-refractivity contribution in [3.8, 4) is 11.6 Å². The van der Waals surface area contributed by atoms with Gasteiger partial charge in [-0.25, -0.2) is 9.97 Å². The lowest BCUT2D eigenvalue weighted by Gasteiger charge is -2.14. The zero-order valence-electron chi connectivity index (χ0n) is 19.0. The lowest BCUT2D eigenvalue weighted by molar-refractivity contribution is -0.385. The molecule has 0 fully saturated rings. The largest absolute Gasteiger partial charge is 0.436 e. The van der Waals surface area contributed by atoms with E-state index in [4.69, 9.17) is 21.3 Å². The molecule has 1 atom stereocenters. The van der Waals surface area contributed by atoms with Gasteiger partial charge in [0.1, 0.15) is 12.0 Å². The molecular formula is C24H18Br2ClN5O4. The molecule has 0 aliphatic heterocycles. The van der Waals surface area contributed by atoms with E-state index in [1.807, 2.05) is 19.9 Å². The van der Waals surface area contributed by atoms with Gasteiger partial charge in [-0.05, 0) is 58.2 Å². The number of pyridine rings is 1. The molecule has 0 N–H and O–H groups in total. The van der Waals surface area contributed by atoms with Gasteiger partial charge in [0, 0.05) is 22.5 Å². The Morgan fingerprint density at radius 3 is 2.67 bits per heavy atom. The monoisotopic (exact) mass is 633 g/mol. The van der Waals surface area contributed by atoms with Gasteiger partial charge in [-0.15, -0.1) is 0 Å². The lowest BCUT2D eigenvalue weighted by atomic mass is 10.1. The van der Waals surface area contributed by atoms with Crippen LogP contribution in [0.15, 0.2) is 67.5 Å². The van der Waals surface area contributed by atoms with Gasteiger partial charge in [-0.3, -0.25) is 14.9 Å². The summed E-state index contributed by atoms with van der Waals surface area (Å²) < 4.78 is 8.30.